The summed E-state index contributed by atoms with van der Waals surface area (Å²) in [5.41, 5.74) is 0. The first-order valence-corrected chi connectivity index (χ1v) is 21.1. The highest BCUT2D eigenvalue weighted by molar-refractivity contribution is 5.70. The van der Waals surface area contributed by atoms with Crippen molar-refractivity contribution in [2.75, 3.05) is 19.8 Å². The summed E-state index contributed by atoms with van der Waals surface area (Å²) < 4.78 is 22.1. The summed E-state index contributed by atoms with van der Waals surface area (Å²) in [6.07, 6.45) is 23.9. The first-order chi connectivity index (χ1) is 24.8. The van der Waals surface area contributed by atoms with Crippen molar-refractivity contribution in [3.05, 3.63) is 0 Å². The van der Waals surface area contributed by atoms with Gasteiger partial charge in [0.1, 0.15) is 31.0 Å². The van der Waals surface area contributed by atoms with E-state index in [1.165, 1.54) is 122 Å². The van der Waals surface area contributed by atoms with Gasteiger partial charge in [-0.3, -0.25) is 9.59 Å². The average molecular weight is 731 g/mol. The van der Waals surface area contributed by atoms with Gasteiger partial charge in [0.05, 0.1) is 13.2 Å². The molecule has 0 bridgehead atoms. The average Bonchev–Trinajstić information content (AvgIpc) is 3.13. The zero-order valence-corrected chi connectivity index (χ0v) is 32.6. The van der Waals surface area contributed by atoms with Gasteiger partial charge in [-0.15, -0.1) is 0 Å². The smallest absolute Gasteiger partial charge is 0.306 e. The number of unbranched alkanes of at least 4 members (excludes halogenated alkanes) is 24. The maximum atomic E-state index is 12.7. The highest BCUT2D eigenvalue weighted by atomic mass is 16.7. The van der Waals surface area contributed by atoms with E-state index in [9.17, 15) is 30.0 Å². The van der Waals surface area contributed by atoms with Crippen molar-refractivity contribution in [2.45, 2.75) is 230 Å². The van der Waals surface area contributed by atoms with Crippen molar-refractivity contribution < 1.29 is 49.0 Å². The van der Waals surface area contributed by atoms with E-state index in [0.29, 0.717) is 6.42 Å². The molecule has 6 atom stereocenters. The highest BCUT2D eigenvalue weighted by Crippen LogP contribution is 2.23. The lowest BCUT2D eigenvalue weighted by Crippen LogP contribution is -2.59. The van der Waals surface area contributed by atoms with E-state index in [1.54, 1.807) is 0 Å². The van der Waals surface area contributed by atoms with Gasteiger partial charge in [0.15, 0.2) is 12.4 Å². The minimum Gasteiger partial charge on any atom is -0.462 e. The monoisotopic (exact) mass is 731 g/mol. The Bertz CT molecular complexity index is 809. The van der Waals surface area contributed by atoms with Crippen LogP contribution in [0.1, 0.15) is 194 Å². The van der Waals surface area contributed by atoms with Gasteiger partial charge in [0.2, 0.25) is 0 Å². The highest BCUT2D eigenvalue weighted by Gasteiger charge is 2.44. The number of carbonyl (C=O) groups excluding carboxylic acids is 2. The van der Waals surface area contributed by atoms with E-state index in [1.807, 2.05) is 0 Å². The van der Waals surface area contributed by atoms with Crippen LogP contribution in [0.15, 0.2) is 0 Å². The molecule has 1 aliphatic heterocycles. The number of aliphatic hydroxyl groups is 4. The molecule has 1 rings (SSSR count). The second kappa shape index (κ2) is 33.3. The predicted octanol–water partition coefficient (Wildman–Crippen LogP) is 8.22. The molecular weight excluding hydrogens is 652 g/mol. The van der Waals surface area contributed by atoms with Crippen molar-refractivity contribution in [1.29, 1.82) is 0 Å². The van der Waals surface area contributed by atoms with Crippen LogP contribution < -0.4 is 0 Å². The summed E-state index contributed by atoms with van der Waals surface area (Å²) in [7, 11) is 0. The quantitative estimate of drug-likeness (QED) is 0.0371. The topological polar surface area (TPSA) is 152 Å². The maximum absolute atomic E-state index is 12.7. The molecule has 1 saturated heterocycles. The lowest BCUT2D eigenvalue weighted by molar-refractivity contribution is -0.305. The lowest BCUT2D eigenvalue weighted by atomic mass is 9.99. The number of rotatable bonds is 35. The lowest BCUT2D eigenvalue weighted by Gasteiger charge is -2.39. The fourth-order valence-electron chi connectivity index (χ4n) is 6.60. The molecule has 1 unspecified atom stereocenters. The van der Waals surface area contributed by atoms with Crippen molar-refractivity contribution >= 4 is 11.9 Å². The standard InChI is InChI=1S/C41H78O10/c1-3-5-7-9-11-13-15-17-19-21-23-25-27-29-36(43)48-32-34(33-49-41-40(47)39(46)38(45)35(31-42)51-41)50-37(44)30-28-26-24-22-20-18-16-14-12-10-8-6-4-2/h34-35,38-42,45-47H,3-33H2,1-2H3/t34?,35-,38-,39+,40-,41-/m1/s1. The number of hydrogen-bond acceptors (Lipinski definition) is 10. The van der Waals surface area contributed by atoms with Crippen LogP contribution >= 0.6 is 0 Å². The van der Waals surface area contributed by atoms with E-state index in [4.69, 9.17) is 18.9 Å². The summed E-state index contributed by atoms with van der Waals surface area (Å²) in [6, 6.07) is 0. The Morgan fingerprint density at radius 3 is 1.33 bits per heavy atom. The number of esters is 2. The second-order valence-electron chi connectivity index (χ2n) is 14.8. The molecule has 51 heavy (non-hydrogen) atoms. The maximum Gasteiger partial charge on any atom is 0.306 e. The fraction of sp³-hybridized carbons (Fsp3) is 0.951. The van der Waals surface area contributed by atoms with Gasteiger partial charge in [-0.25, -0.2) is 0 Å². The van der Waals surface area contributed by atoms with Crippen LogP contribution in [-0.4, -0.2) is 89.0 Å². The Hall–Kier alpha value is -1.30. The Labute approximate surface area is 310 Å². The van der Waals surface area contributed by atoms with Gasteiger partial charge < -0.3 is 39.4 Å². The first kappa shape index (κ1) is 47.7. The fourth-order valence-corrected chi connectivity index (χ4v) is 6.60. The molecule has 0 aromatic rings. The molecule has 0 aromatic carbocycles. The minimum absolute atomic E-state index is 0.209. The third-order valence-electron chi connectivity index (χ3n) is 9.99. The van der Waals surface area contributed by atoms with Crippen LogP contribution in [-0.2, 0) is 28.5 Å². The molecule has 302 valence electrons. The third kappa shape index (κ3) is 25.4. The number of aliphatic hydroxyl groups excluding tert-OH is 4. The zero-order valence-electron chi connectivity index (χ0n) is 32.6. The predicted molar refractivity (Wildman–Crippen MR) is 201 cm³/mol. The largest absolute Gasteiger partial charge is 0.462 e. The van der Waals surface area contributed by atoms with Crippen LogP contribution in [0.25, 0.3) is 0 Å². The first-order valence-electron chi connectivity index (χ1n) is 21.1. The Morgan fingerprint density at radius 2 is 0.922 bits per heavy atom. The van der Waals surface area contributed by atoms with Crippen LogP contribution in [0.5, 0.6) is 0 Å². The molecule has 0 aliphatic carbocycles. The summed E-state index contributed by atoms with van der Waals surface area (Å²) in [4.78, 5) is 25.2. The molecule has 1 aliphatic rings. The van der Waals surface area contributed by atoms with Crippen LogP contribution in [0, 0.1) is 0 Å². The molecule has 4 N–H and O–H groups in total. The van der Waals surface area contributed by atoms with E-state index in [2.05, 4.69) is 13.8 Å². The molecule has 1 fully saturated rings. The summed E-state index contributed by atoms with van der Waals surface area (Å²) in [5, 5.41) is 40.0. The summed E-state index contributed by atoms with van der Waals surface area (Å²) in [6.45, 7) is 3.43. The van der Waals surface area contributed by atoms with E-state index in [0.717, 1.165) is 38.5 Å². The van der Waals surface area contributed by atoms with Crippen molar-refractivity contribution in [2.24, 2.45) is 0 Å². The summed E-state index contributed by atoms with van der Waals surface area (Å²) >= 11 is 0. The van der Waals surface area contributed by atoms with Crippen LogP contribution in [0.4, 0.5) is 0 Å². The van der Waals surface area contributed by atoms with Crippen LogP contribution in [0.2, 0.25) is 0 Å². The van der Waals surface area contributed by atoms with Gasteiger partial charge in [-0.1, -0.05) is 168 Å². The third-order valence-corrected chi connectivity index (χ3v) is 9.99. The van der Waals surface area contributed by atoms with Gasteiger partial charge in [-0.2, -0.15) is 0 Å². The minimum atomic E-state index is -1.59. The molecule has 0 saturated carbocycles. The van der Waals surface area contributed by atoms with Crippen molar-refractivity contribution in [3.8, 4) is 0 Å². The van der Waals surface area contributed by atoms with Gasteiger partial charge in [-0.05, 0) is 12.8 Å². The van der Waals surface area contributed by atoms with Gasteiger partial charge in [0.25, 0.3) is 0 Å². The van der Waals surface area contributed by atoms with Gasteiger partial charge in [0, 0.05) is 12.8 Å². The molecular formula is C41H78O10. The normalized spacial score (nSPS) is 21.1. The molecule has 10 nitrogen and oxygen atoms in total. The Morgan fingerprint density at radius 1 is 0.529 bits per heavy atom. The number of hydrogen-bond donors (Lipinski definition) is 4. The number of carbonyl (C=O) groups is 2. The Balaban J connectivity index is 2.35. The van der Waals surface area contributed by atoms with Crippen molar-refractivity contribution in [3.63, 3.8) is 0 Å². The van der Waals surface area contributed by atoms with E-state index >= 15 is 0 Å². The molecule has 0 spiro atoms. The van der Waals surface area contributed by atoms with Gasteiger partial charge >= 0.3 is 11.9 Å². The van der Waals surface area contributed by atoms with E-state index < -0.39 is 49.4 Å². The molecule has 0 aromatic heterocycles. The Kier molecular flexibility index (Phi) is 31.1. The molecule has 0 radical (unpaired) electrons. The van der Waals surface area contributed by atoms with Crippen LogP contribution in [0.3, 0.4) is 0 Å². The molecule has 0 amide bonds. The number of ether oxygens (including phenoxy) is 4. The zero-order chi connectivity index (χ0) is 37.4. The second-order valence-corrected chi connectivity index (χ2v) is 14.8. The SMILES string of the molecule is CCCCCCCCCCCCCCCC(=O)OCC(CO[C@@H]1O[C@H](CO)[C@@H](O)[C@H](O)[C@H]1O)OC(=O)CCCCCCCCCCCCCCC. The summed E-state index contributed by atoms with van der Waals surface area (Å²) in [5.74, 6) is -0.795. The van der Waals surface area contributed by atoms with Crippen molar-refractivity contribution in [1.82, 2.24) is 0 Å². The van der Waals surface area contributed by atoms with E-state index in [-0.39, 0.29) is 32.0 Å². The molecule has 10 heteroatoms. The molecule has 1 heterocycles.